The van der Waals surface area contributed by atoms with Crippen LogP contribution in [-0.2, 0) is 9.59 Å². The summed E-state index contributed by atoms with van der Waals surface area (Å²) in [5.41, 5.74) is 4.27. The topological polar surface area (TPSA) is 113 Å². The number of nitrogens with two attached hydrogens (primary N) is 1. The zero-order valence-corrected chi connectivity index (χ0v) is 10.6. The van der Waals surface area contributed by atoms with Gasteiger partial charge in [0.2, 0.25) is 5.91 Å². The Balaban J connectivity index is 4.47. The van der Waals surface area contributed by atoms with E-state index in [1.54, 1.807) is 13.8 Å². The number of urea groups is 1. The molecule has 18 heavy (non-hydrogen) atoms. The first-order valence-electron chi connectivity index (χ1n) is 5.36. The Bertz CT molecular complexity index is 352. The van der Waals surface area contributed by atoms with Crippen LogP contribution in [0.5, 0.6) is 0 Å². The molecule has 3 amide bonds. The summed E-state index contributed by atoms with van der Waals surface area (Å²) in [6.45, 7) is 6.32. The molecule has 0 bridgehead atoms. The van der Waals surface area contributed by atoms with Crippen molar-refractivity contribution >= 4 is 17.9 Å². The standard InChI is InChI=1S/C11H19N3O4/c1-4-5-14(6-8(15)16)10(18)13-7-11(2,3)9(12)17/h4H,1,5-7H2,2-3H3,(H2,12,17)(H,13,18)(H,15,16). The molecule has 0 unspecified atom stereocenters. The minimum Gasteiger partial charge on any atom is -0.480 e. The fourth-order valence-corrected chi connectivity index (χ4v) is 1.03. The second kappa shape index (κ2) is 6.63. The summed E-state index contributed by atoms with van der Waals surface area (Å²) in [6.07, 6.45) is 1.42. The number of carboxylic acids is 1. The minimum atomic E-state index is -1.12. The molecule has 4 N–H and O–H groups in total. The first kappa shape index (κ1) is 16.0. The molecule has 0 saturated heterocycles. The lowest BCUT2D eigenvalue weighted by Crippen LogP contribution is -2.48. The number of hydrogen-bond donors (Lipinski definition) is 3. The lowest BCUT2D eigenvalue weighted by molar-refractivity contribution is -0.137. The van der Waals surface area contributed by atoms with E-state index in [-0.39, 0.29) is 13.1 Å². The van der Waals surface area contributed by atoms with E-state index in [0.717, 1.165) is 4.90 Å². The first-order chi connectivity index (χ1) is 8.20. The number of aliphatic carboxylic acids is 1. The summed E-state index contributed by atoms with van der Waals surface area (Å²) in [6, 6.07) is -0.577. The highest BCUT2D eigenvalue weighted by Gasteiger charge is 2.26. The lowest BCUT2D eigenvalue weighted by atomic mass is 9.93. The quantitative estimate of drug-likeness (QED) is 0.547. The number of carboxylic acid groups (broad SMARTS) is 1. The number of carbonyl (C=O) groups is 3. The molecule has 0 spiro atoms. The van der Waals surface area contributed by atoms with Crippen LogP contribution >= 0.6 is 0 Å². The van der Waals surface area contributed by atoms with Gasteiger partial charge in [0, 0.05) is 13.1 Å². The van der Waals surface area contributed by atoms with Gasteiger partial charge in [0.15, 0.2) is 0 Å². The van der Waals surface area contributed by atoms with Crippen LogP contribution in [0.2, 0.25) is 0 Å². The van der Waals surface area contributed by atoms with Crippen LogP contribution in [0.4, 0.5) is 4.79 Å². The molecule has 0 aromatic heterocycles. The molecular weight excluding hydrogens is 238 g/mol. The normalized spacial score (nSPS) is 10.6. The van der Waals surface area contributed by atoms with E-state index in [2.05, 4.69) is 11.9 Å². The molecule has 0 aliphatic heterocycles. The van der Waals surface area contributed by atoms with Gasteiger partial charge in [-0.15, -0.1) is 6.58 Å². The second-order valence-corrected chi connectivity index (χ2v) is 4.47. The largest absolute Gasteiger partial charge is 0.480 e. The minimum absolute atomic E-state index is 0.0361. The van der Waals surface area contributed by atoms with Crippen molar-refractivity contribution in [3.8, 4) is 0 Å². The van der Waals surface area contributed by atoms with Gasteiger partial charge in [0.05, 0.1) is 5.41 Å². The second-order valence-electron chi connectivity index (χ2n) is 4.47. The van der Waals surface area contributed by atoms with Gasteiger partial charge in [0.1, 0.15) is 6.54 Å². The SMILES string of the molecule is C=CCN(CC(=O)O)C(=O)NCC(C)(C)C(N)=O. The highest BCUT2D eigenvalue weighted by molar-refractivity contribution is 5.83. The average molecular weight is 257 g/mol. The Morgan fingerprint density at radius 2 is 2.00 bits per heavy atom. The Labute approximate surface area is 106 Å². The maximum Gasteiger partial charge on any atom is 0.323 e. The molecule has 0 aromatic carbocycles. The molecule has 0 aliphatic carbocycles. The van der Waals surface area contributed by atoms with Crippen molar-refractivity contribution in [3.63, 3.8) is 0 Å². The zero-order chi connectivity index (χ0) is 14.3. The van der Waals surface area contributed by atoms with Crippen molar-refractivity contribution in [1.82, 2.24) is 10.2 Å². The van der Waals surface area contributed by atoms with E-state index in [4.69, 9.17) is 10.8 Å². The fraction of sp³-hybridized carbons (Fsp3) is 0.545. The van der Waals surface area contributed by atoms with Crippen LogP contribution in [0.3, 0.4) is 0 Å². The predicted octanol–water partition coefficient (Wildman–Crippen LogP) is -0.220. The third-order valence-corrected chi connectivity index (χ3v) is 2.31. The van der Waals surface area contributed by atoms with Crippen LogP contribution in [0.1, 0.15) is 13.8 Å². The molecule has 102 valence electrons. The van der Waals surface area contributed by atoms with Crippen LogP contribution < -0.4 is 11.1 Å². The van der Waals surface area contributed by atoms with E-state index in [1.165, 1.54) is 6.08 Å². The number of hydrogen-bond acceptors (Lipinski definition) is 3. The molecule has 0 radical (unpaired) electrons. The maximum atomic E-state index is 11.7. The molecule has 0 heterocycles. The number of primary amides is 1. The zero-order valence-electron chi connectivity index (χ0n) is 10.6. The van der Waals surface area contributed by atoms with E-state index in [1.807, 2.05) is 0 Å². The maximum absolute atomic E-state index is 11.7. The molecule has 0 saturated carbocycles. The number of nitrogens with zero attached hydrogens (tertiary/aromatic N) is 1. The monoisotopic (exact) mass is 257 g/mol. The van der Waals surface area contributed by atoms with Crippen LogP contribution in [0.15, 0.2) is 12.7 Å². The third kappa shape index (κ3) is 5.33. The van der Waals surface area contributed by atoms with E-state index >= 15 is 0 Å². The number of carbonyl (C=O) groups excluding carboxylic acids is 2. The van der Waals surface area contributed by atoms with Crippen molar-refractivity contribution < 1.29 is 19.5 Å². The van der Waals surface area contributed by atoms with E-state index in [0.29, 0.717) is 0 Å². The van der Waals surface area contributed by atoms with Crippen molar-refractivity contribution in [2.75, 3.05) is 19.6 Å². The Morgan fingerprint density at radius 1 is 1.44 bits per heavy atom. The molecule has 0 rings (SSSR count). The summed E-state index contributed by atoms with van der Waals surface area (Å²) >= 11 is 0. The van der Waals surface area contributed by atoms with Gasteiger partial charge in [-0.3, -0.25) is 9.59 Å². The number of rotatable bonds is 7. The Kier molecular flexibility index (Phi) is 5.87. The highest BCUT2D eigenvalue weighted by Crippen LogP contribution is 2.11. The van der Waals surface area contributed by atoms with Gasteiger partial charge < -0.3 is 21.1 Å². The third-order valence-electron chi connectivity index (χ3n) is 2.31. The van der Waals surface area contributed by atoms with E-state index < -0.39 is 29.9 Å². The van der Waals surface area contributed by atoms with Gasteiger partial charge in [-0.1, -0.05) is 6.08 Å². The van der Waals surface area contributed by atoms with E-state index in [9.17, 15) is 14.4 Å². The van der Waals surface area contributed by atoms with Crippen molar-refractivity contribution in [3.05, 3.63) is 12.7 Å². The van der Waals surface area contributed by atoms with Crippen LogP contribution in [0.25, 0.3) is 0 Å². The number of amides is 3. The number of nitrogens with one attached hydrogen (secondary N) is 1. The molecular formula is C11H19N3O4. The molecule has 7 heteroatoms. The molecule has 0 aromatic rings. The van der Waals surface area contributed by atoms with Gasteiger partial charge >= 0.3 is 12.0 Å². The summed E-state index contributed by atoms with van der Waals surface area (Å²) in [5.74, 6) is -1.67. The van der Waals surface area contributed by atoms with Gasteiger partial charge in [-0.2, -0.15) is 0 Å². The molecule has 7 nitrogen and oxygen atoms in total. The van der Waals surface area contributed by atoms with Crippen molar-refractivity contribution in [2.45, 2.75) is 13.8 Å². The average Bonchev–Trinajstić information content (AvgIpc) is 2.24. The summed E-state index contributed by atoms with van der Waals surface area (Å²) in [5, 5.41) is 11.1. The fourth-order valence-electron chi connectivity index (χ4n) is 1.03. The van der Waals surface area contributed by atoms with Crippen LogP contribution in [-0.4, -0.2) is 47.5 Å². The molecule has 0 aliphatic rings. The van der Waals surface area contributed by atoms with Crippen LogP contribution in [0, 0.1) is 5.41 Å². The first-order valence-corrected chi connectivity index (χ1v) is 5.36. The Morgan fingerprint density at radius 3 is 2.39 bits per heavy atom. The Hall–Kier alpha value is -2.05. The lowest BCUT2D eigenvalue weighted by Gasteiger charge is -2.24. The highest BCUT2D eigenvalue weighted by atomic mass is 16.4. The van der Waals surface area contributed by atoms with Gasteiger partial charge in [0.25, 0.3) is 0 Å². The van der Waals surface area contributed by atoms with Gasteiger partial charge in [-0.25, -0.2) is 4.79 Å². The summed E-state index contributed by atoms with van der Waals surface area (Å²) < 4.78 is 0. The summed E-state index contributed by atoms with van der Waals surface area (Å²) in [7, 11) is 0. The molecule has 0 atom stereocenters. The van der Waals surface area contributed by atoms with Gasteiger partial charge in [-0.05, 0) is 13.8 Å². The van der Waals surface area contributed by atoms with Crippen molar-refractivity contribution in [2.24, 2.45) is 11.1 Å². The summed E-state index contributed by atoms with van der Waals surface area (Å²) in [4.78, 5) is 34.4. The predicted molar refractivity (Wildman–Crippen MR) is 65.8 cm³/mol. The van der Waals surface area contributed by atoms with Crippen molar-refractivity contribution in [1.29, 1.82) is 0 Å². The smallest absolute Gasteiger partial charge is 0.323 e. The molecule has 0 fully saturated rings.